The highest BCUT2D eigenvalue weighted by molar-refractivity contribution is 7.89. The van der Waals surface area contributed by atoms with Gasteiger partial charge in [-0.2, -0.15) is 4.39 Å². The molecule has 1 fully saturated rings. The number of nitrogens with one attached hydrogen (secondary N) is 1. The molecule has 4 aromatic rings. The summed E-state index contributed by atoms with van der Waals surface area (Å²) in [4.78, 5) is 19.6. The molecule has 11 heteroatoms. The van der Waals surface area contributed by atoms with Gasteiger partial charge < -0.3 is 15.0 Å². The van der Waals surface area contributed by atoms with Crippen LogP contribution in [-0.2, 0) is 14.8 Å². The number of hydrogen-bond acceptors (Lipinski definition) is 6. The number of benzene rings is 3. The first-order chi connectivity index (χ1) is 18.7. The minimum atomic E-state index is -4.09. The summed E-state index contributed by atoms with van der Waals surface area (Å²) in [5.41, 5.74) is 1.52. The van der Waals surface area contributed by atoms with Crippen molar-refractivity contribution in [3.05, 3.63) is 90.1 Å². The Hall–Kier alpha value is -4.09. The normalized spacial score (nSPS) is 17.7. The minimum absolute atomic E-state index is 0.192. The molecule has 39 heavy (non-hydrogen) atoms. The largest absolute Gasteiger partial charge is 0.493 e. The van der Waals surface area contributed by atoms with E-state index in [1.165, 1.54) is 31.5 Å². The highest BCUT2D eigenvalue weighted by atomic mass is 32.2. The Labute approximate surface area is 224 Å². The number of ether oxygens (including phenoxy) is 1. The number of hydrogen-bond donors (Lipinski definition) is 2. The van der Waals surface area contributed by atoms with E-state index in [9.17, 15) is 22.0 Å². The van der Waals surface area contributed by atoms with Gasteiger partial charge in [0.2, 0.25) is 11.7 Å². The van der Waals surface area contributed by atoms with Gasteiger partial charge in [0.1, 0.15) is 0 Å². The van der Waals surface area contributed by atoms with Crippen molar-refractivity contribution in [3.8, 4) is 5.75 Å². The number of nitrogens with two attached hydrogens (primary N) is 1. The molecule has 0 unspecified atom stereocenters. The molecule has 3 N–H and O–H groups in total. The van der Waals surface area contributed by atoms with Crippen molar-refractivity contribution in [1.82, 2.24) is 4.98 Å². The number of primary sulfonamides is 1. The van der Waals surface area contributed by atoms with Crippen LogP contribution in [0.2, 0.25) is 0 Å². The zero-order valence-corrected chi connectivity index (χ0v) is 21.8. The van der Waals surface area contributed by atoms with E-state index in [4.69, 9.17) is 9.88 Å². The lowest BCUT2D eigenvalue weighted by molar-refractivity contribution is -0.120. The summed E-state index contributed by atoms with van der Waals surface area (Å²) in [5.74, 6) is -4.07. The number of aromatic nitrogens is 1. The number of sulfonamides is 1. The first-order valence-corrected chi connectivity index (χ1v) is 13.8. The van der Waals surface area contributed by atoms with Crippen molar-refractivity contribution in [2.75, 3.05) is 30.4 Å². The number of anilines is 2. The topological polar surface area (TPSA) is 115 Å². The molecule has 1 aromatic heterocycles. The summed E-state index contributed by atoms with van der Waals surface area (Å²) < 4.78 is 57.4. The number of methoxy groups -OCH3 is 1. The lowest BCUT2D eigenvalue weighted by Crippen LogP contribution is -2.45. The van der Waals surface area contributed by atoms with Gasteiger partial charge in [0.05, 0.1) is 13.0 Å². The molecule has 1 amide bonds. The summed E-state index contributed by atoms with van der Waals surface area (Å²) in [6.45, 7) is 0.815. The SMILES string of the molecule is COc1c([C@@H]2CCN(c3cccc4ccccc34)C[C@H]2C(=O)Nc2ccnc(S(N)(=O)=O)c2)ccc(F)c1F. The quantitative estimate of drug-likeness (QED) is 0.366. The Kier molecular flexibility index (Phi) is 7.19. The molecule has 0 spiro atoms. The lowest BCUT2D eigenvalue weighted by atomic mass is 9.79. The van der Waals surface area contributed by atoms with E-state index in [-0.39, 0.29) is 23.0 Å². The van der Waals surface area contributed by atoms with Crippen LogP contribution in [0.5, 0.6) is 5.75 Å². The molecule has 3 aromatic carbocycles. The second kappa shape index (κ2) is 10.6. The Bertz CT molecular complexity index is 1660. The standard InChI is InChI=1S/C28H26F2N4O4S/c1-38-27-21(9-10-23(29)26(27)30)20-12-14-34(24-8-4-6-17-5-2-3-7-19(17)24)16-22(20)28(35)33-18-11-13-32-25(15-18)39(31,36)37/h2-11,13,15,20,22H,12,14,16H2,1H3,(H2,31,36,37)(H,32,33,35)/t20-,22+/m0/s1. The predicted octanol–water partition coefficient (Wildman–Crippen LogP) is 4.42. The average Bonchev–Trinajstić information content (AvgIpc) is 2.93. The maximum atomic E-state index is 14.7. The van der Waals surface area contributed by atoms with Gasteiger partial charge in [-0.1, -0.05) is 42.5 Å². The van der Waals surface area contributed by atoms with E-state index in [0.29, 0.717) is 18.5 Å². The van der Waals surface area contributed by atoms with Gasteiger partial charge in [-0.05, 0) is 30.0 Å². The third-order valence-corrected chi connectivity index (χ3v) is 7.84. The van der Waals surface area contributed by atoms with Crippen molar-refractivity contribution < 1.29 is 26.7 Å². The fourth-order valence-corrected chi connectivity index (χ4v) is 5.72. The van der Waals surface area contributed by atoms with Gasteiger partial charge in [-0.25, -0.2) is 22.9 Å². The van der Waals surface area contributed by atoms with E-state index in [2.05, 4.69) is 15.2 Å². The summed E-state index contributed by atoms with van der Waals surface area (Å²) in [6, 6.07) is 19.0. The van der Waals surface area contributed by atoms with Gasteiger partial charge in [-0.3, -0.25) is 4.79 Å². The van der Waals surface area contributed by atoms with E-state index < -0.39 is 39.4 Å². The first-order valence-electron chi connectivity index (χ1n) is 12.2. The van der Waals surface area contributed by atoms with Crippen LogP contribution in [-0.4, -0.2) is 39.5 Å². The van der Waals surface area contributed by atoms with Gasteiger partial charge in [0.25, 0.3) is 10.0 Å². The van der Waals surface area contributed by atoms with Crippen LogP contribution in [0.25, 0.3) is 10.8 Å². The zero-order chi connectivity index (χ0) is 27.7. The van der Waals surface area contributed by atoms with Gasteiger partial charge in [-0.15, -0.1) is 0 Å². The Morgan fingerprint density at radius 2 is 1.87 bits per heavy atom. The molecule has 202 valence electrons. The second-order valence-corrected chi connectivity index (χ2v) is 10.9. The highest BCUT2D eigenvalue weighted by Crippen LogP contribution is 2.42. The molecule has 2 heterocycles. The number of carbonyl (C=O) groups is 1. The molecule has 1 saturated heterocycles. The number of carbonyl (C=O) groups excluding carboxylic acids is 1. The molecule has 1 aliphatic heterocycles. The van der Waals surface area contributed by atoms with Gasteiger partial charge >= 0.3 is 0 Å². The number of rotatable bonds is 6. The molecule has 8 nitrogen and oxygen atoms in total. The van der Waals surface area contributed by atoms with E-state index in [1.54, 1.807) is 0 Å². The number of pyridine rings is 1. The summed E-state index contributed by atoms with van der Waals surface area (Å²) in [6.07, 6.45) is 1.68. The molecule has 0 radical (unpaired) electrons. The van der Waals surface area contributed by atoms with Gasteiger partial charge in [0.15, 0.2) is 16.6 Å². The highest BCUT2D eigenvalue weighted by Gasteiger charge is 2.38. The van der Waals surface area contributed by atoms with Crippen LogP contribution in [0.15, 0.2) is 78.0 Å². The van der Waals surface area contributed by atoms with Crippen LogP contribution in [0.3, 0.4) is 0 Å². The van der Waals surface area contributed by atoms with Crippen molar-refractivity contribution in [1.29, 1.82) is 0 Å². The Morgan fingerprint density at radius 3 is 2.64 bits per heavy atom. The third kappa shape index (κ3) is 5.27. The van der Waals surface area contributed by atoms with Crippen molar-refractivity contribution in [2.24, 2.45) is 11.1 Å². The summed E-state index contributed by atoms with van der Waals surface area (Å²) in [5, 5.41) is 9.64. The van der Waals surface area contributed by atoms with Crippen molar-refractivity contribution in [3.63, 3.8) is 0 Å². The van der Waals surface area contributed by atoms with E-state index >= 15 is 0 Å². The van der Waals surface area contributed by atoms with Crippen molar-refractivity contribution >= 4 is 38.1 Å². The molecular formula is C28H26F2N4O4S. The molecule has 0 bridgehead atoms. The molecule has 0 saturated carbocycles. The number of piperidine rings is 1. The number of halogens is 2. The number of fused-ring (bicyclic) bond motifs is 1. The van der Waals surface area contributed by atoms with Crippen LogP contribution in [0.1, 0.15) is 17.9 Å². The van der Waals surface area contributed by atoms with E-state index in [0.717, 1.165) is 22.5 Å². The zero-order valence-electron chi connectivity index (χ0n) is 21.0. The Balaban J connectivity index is 1.54. The van der Waals surface area contributed by atoms with E-state index in [1.807, 2.05) is 42.5 Å². The van der Waals surface area contributed by atoms with Crippen LogP contribution in [0.4, 0.5) is 20.2 Å². The number of nitrogens with zero attached hydrogens (tertiary/aromatic N) is 2. The smallest absolute Gasteiger partial charge is 0.255 e. The maximum Gasteiger partial charge on any atom is 0.255 e. The van der Waals surface area contributed by atoms with Gasteiger partial charge in [0, 0.05) is 53.6 Å². The minimum Gasteiger partial charge on any atom is -0.493 e. The fraction of sp³-hybridized carbons (Fsp3) is 0.214. The predicted molar refractivity (Wildman–Crippen MR) is 144 cm³/mol. The molecule has 5 rings (SSSR count). The molecule has 2 atom stereocenters. The molecule has 0 aliphatic carbocycles. The van der Waals surface area contributed by atoms with Crippen LogP contribution in [0, 0.1) is 17.6 Å². The molecular weight excluding hydrogens is 526 g/mol. The fourth-order valence-electron chi connectivity index (χ4n) is 5.22. The summed E-state index contributed by atoms with van der Waals surface area (Å²) >= 11 is 0. The molecule has 1 aliphatic rings. The van der Waals surface area contributed by atoms with Crippen LogP contribution < -0.4 is 20.1 Å². The lowest BCUT2D eigenvalue weighted by Gasteiger charge is -2.40. The van der Waals surface area contributed by atoms with Crippen molar-refractivity contribution in [2.45, 2.75) is 17.4 Å². The first kappa shape index (κ1) is 26.5. The number of amides is 1. The monoisotopic (exact) mass is 552 g/mol. The second-order valence-electron chi connectivity index (χ2n) is 9.35. The van der Waals surface area contributed by atoms with Crippen LogP contribution >= 0.6 is 0 Å². The average molecular weight is 553 g/mol. The third-order valence-electron chi connectivity index (χ3n) is 7.03. The Morgan fingerprint density at radius 1 is 1.10 bits per heavy atom. The maximum absolute atomic E-state index is 14.7. The summed E-state index contributed by atoms with van der Waals surface area (Å²) in [7, 11) is -2.83.